The number of nitrogens with zero attached hydrogens (tertiary/aromatic N) is 8. The number of amides is 4. The van der Waals surface area contributed by atoms with Crippen LogP contribution in [0.15, 0.2) is 67.0 Å². The van der Waals surface area contributed by atoms with E-state index in [9.17, 15) is 19.5 Å². The van der Waals surface area contributed by atoms with E-state index in [1.165, 1.54) is 0 Å². The number of aryl methyl sites for hydroxylation is 2. The number of hydrogen-bond acceptors (Lipinski definition) is 11. The summed E-state index contributed by atoms with van der Waals surface area (Å²) < 4.78 is 8.55. The van der Waals surface area contributed by atoms with Gasteiger partial charge >= 0.3 is 6.03 Å². The lowest BCUT2D eigenvalue weighted by molar-refractivity contribution is -0.120. The van der Waals surface area contributed by atoms with Gasteiger partial charge in [-0.15, -0.1) is 10.2 Å². The second-order valence-electron chi connectivity index (χ2n) is 16.7. The minimum Gasteiger partial charge on any atom is -0.507 e. The first-order chi connectivity index (χ1) is 29.1. The number of fused-ring (bicyclic) bond motifs is 1. The highest BCUT2D eigenvalue weighted by molar-refractivity contribution is 6.06. The number of phenols is 1. The molecule has 15 nitrogen and oxygen atoms in total. The molecule has 4 fully saturated rings. The summed E-state index contributed by atoms with van der Waals surface area (Å²) in [5.74, 6) is 0.889. The molecule has 3 saturated heterocycles. The van der Waals surface area contributed by atoms with Crippen LogP contribution in [0.1, 0.15) is 71.3 Å². The first-order valence-corrected chi connectivity index (χ1v) is 21.1. The number of ether oxygens (including phenoxy) is 1. The number of morpholine rings is 1. The van der Waals surface area contributed by atoms with E-state index in [1.807, 2.05) is 42.2 Å². The Morgan fingerprint density at radius 2 is 1.73 bits per heavy atom. The lowest BCUT2D eigenvalue weighted by Gasteiger charge is -2.38. The Balaban J connectivity index is 0.767. The van der Waals surface area contributed by atoms with Gasteiger partial charge in [-0.3, -0.25) is 24.7 Å². The molecule has 60 heavy (non-hydrogen) atoms. The van der Waals surface area contributed by atoms with E-state index in [1.54, 1.807) is 29.3 Å². The Labute approximate surface area is 349 Å². The number of aromatic nitrogens is 4. The van der Waals surface area contributed by atoms with E-state index in [0.717, 1.165) is 84.3 Å². The topological polar surface area (TPSA) is 175 Å². The molecule has 1 aliphatic carbocycles. The molecular weight excluding hydrogens is 761 g/mol. The average Bonchev–Trinajstić information content (AvgIpc) is 3.59. The summed E-state index contributed by atoms with van der Waals surface area (Å²) in [6, 6.07) is 16.9. The van der Waals surface area contributed by atoms with Gasteiger partial charge in [0.2, 0.25) is 5.91 Å². The van der Waals surface area contributed by atoms with Gasteiger partial charge in [0.1, 0.15) is 17.5 Å². The van der Waals surface area contributed by atoms with Crippen LogP contribution in [-0.4, -0.2) is 111 Å². The number of para-hydroxylation sites is 1. The van der Waals surface area contributed by atoms with Gasteiger partial charge in [-0.1, -0.05) is 24.3 Å². The van der Waals surface area contributed by atoms with Crippen LogP contribution in [0.4, 0.5) is 22.0 Å². The SMILES string of the molecule is Cc1cc([C@@H]2CN(c3cc(-c4ccccc4O)nnc3N)CCO2)ccc1C(=O)N1CCN(CC2CCC(n3cc(C)c4cc(N5CCC(=O)NC5=O)cnc43)CC2)CC1. The first-order valence-electron chi connectivity index (χ1n) is 21.1. The lowest BCUT2D eigenvalue weighted by atomic mass is 9.85. The lowest BCUT2D eigenvalue weighted by Crippen LogP contribution is -2.50. The Hall–Kier alpha value is -6.06. The van der Waals surface area contributed by atoms with Crippen molar-refractivity contribution in [2.75, 3.05) is 74.5 Å². The maximum Gasteiger partial charge on any atom is 0.328 e. The van der Waals surface area contributed by atoms with Crippen LogP contribution in [0.5, 0.6) is 5.75 Å². The van der Waals surface area contributed by atoms with Crippen LogP contribution in [0, 0.1) is 19.8 Å². The second kappa shape index (κ2) is 16.5. The van der Waals surface area contributed by atoms with Crippen molar-refractivity contribution in [2.24, 2.45) is 5.92 Å². The summed E-state index contributed by atoms with van der Waals surface area (Å²) in [7, 11) is 0. The molecule has 3 aromatic heterocycles. The van der Waals surface area contributed by atoms with Crippen LogP contribution in [-0.2, 0) is 9.53 Å². The second-order valence-corrected chi connectivity index (χ2v) is 16.7. The van der Waals surface area contributed by atoms with Crippen LogP contribution >= 0.6 is 0 Å². The predicted molar refractivity (Wildman–Crippen MR) is 229 cm³/mol. The Morgan fingerprint density at radius 1 is 0.933 bits per heavy atom. The van der Waals surface area contributed by atoms with Gasteiger partial charge in [-0.2, -0.15) is 0 Å². The molecular formula is C45H52N10O5. The molecule has 0 unspecified atom stereocenters. The van der Waals surface area contributed by atoms with Gasteiger partial charge in [-0.05, 0) is 92.5 Å². The van der Waals surface area contributed by atoms with Crippen molar-refractivity contribution in [3.8, 4) is 17.0 Å². The van der Waals surface area contributed by atoms with Gasteiger partial charge in [-0.25, -0.2) is 9.78 Å². The van der Waals surface area contributed by atoms with E-state index in [2.05, 4.69) is 49.1 Å². The van der Waals surface area contributed by atoms with Crippen molar-refractivity contribution in [1.82, 2.24) is 34.9 Å². The standard InChI is InChI=1S/C45H52N10O5/c1-28-21-31(40-27-53(19-20-60-40)38-23-37(49-50-42(38)46)35-5-3-4-6-39(35)56)9-12-34(28)44(58)52-17-15-51(16-18-52)26-30-7-10-32(11-8-30)55-25-29(2)36-22-33(24-47-43(36)55)54-14-13-41(57)48-45(54)59/h3-6,9,12,21-25,30,32,40,56H,7-8,10-11,13-20,26-27H2,1-2H3,(H2,46,50)(H,48,57,59)/t30?,32?,40-/m0/s1. The maximum atomic E-state index is 13.8. The van der Waals surface area contributed by atoms with Gasteiger partial charge in [0.05, 0.1) is 29.9 Å². The zero-order chi connectivity index (χ0) is 41.5. The number of benzene rings is 2. The number of phenolic OH excluding ortho intramolecular Hbond substituents is 1. The molecule has 2 aromatic carbocycles. The number of nitrogens with two attached hydrogens (primary N) is 1. The van der Waals surface area contributed by atoms with Crippen LogP contribution in [0.25, 0.3) is 22.3 Å². The molecule has 15 heteroatoms. The monoisotopic (exact) mass is 812 g/mol. The minimum atomic E-state index is -0.398. The van der Waals surface area contributed by atoms with E-state index >= 15 is 0 Å². The molecule has 312 valence electrons. The van der Waals surface area contributed by atoms with Crippen molar-refractivity contribution in [2.45, 2.75) is 58.1 Å². The molecule has 5 aromatic rings. The van der Waals surface area contributed by atoms with Crippen molar-refractivity contribution in [1.29, 1.82) is 0 Å². The van der Waals surface area contributed by atoms with E-state index < -0.39 is 6.03 Å². The molecule has 4 amide bonds. The summed E-state index contributed by atoms with van der Waals surface area (Å²) in [6.07, 6.45) is 8.46. The predicted octanol–water partition coefficient (Wildman–Crippen LogP) is 5.61. The third kappa shape index (κ3) is 7.86. The minimum absolute atomic E-state index is 0.0713. The molecule has 0 bridgehead atoms. The van der Waals surface area contributed by atoms with Gasteiger partial charge < -0.3 is 29.9 Å². The van der Waals surface area contributed by atoms with Crippen LogP contribution in [0.2, 0.25) is 0 Å². The van der Waals surface area contributed by atoms with Gasteiger partial charge in [0.15, 0.2) is 5.82 Å². The number of carbonyl (C=O) groups is 3. The highest BCUT2D eigenvalue weighted by Crippen LogP contribution is 2.37. The summed E-state index contributed by atoms with van der Waals surface area (Å²) in [5.41, 5.74) is 13.6. The molecule has 1 atom stereocenters. The Bertz CT molecular complexity index is 2440. The molecule has 9 rings (SSSR count). The Morgan fingerprint density at radius 3 is 2.50 bits per heavy atom. The molecule has 0 radical (unpaired) electrons. The third-order valence-electron chi connectivity index (χ3n) is 12.8. The summed E-state index contributed by atoms with van der Waals surface area (Å²) in [6.45, 7) is 10.3. The maximum absolute atomic E-state index is 13.8. The number of pyridine rings is 1. The Kier molecular flexibility index (Phi) is 10.9. The molecule has 0 spiro atoms. The molecule has 4 aliphatic rings. The largest absolute Gasteiger partial charge is 0.507 e. The number of rotatable bonds is 8. The summed E-state index contributed by atoms with van der Waals surface area (Å²) in [4.78, 5) is 51.0. The molecule has 6 heterocycles. The van der Waals surface area contributed by atoms with E-state index in [-0.39, 0.29) is 30.1 Å². The fourth-order valence-corrected chi connectivity index (χ4v) is 9.46. The highest BCUT2D eigenvalue weighted by atomic mass is 16.5. The summed E-state index contributed by atoms with van der Waals surface area (Å²) in [5, 5.41) is 22.3. The zero-order valence-electron chi connectivity index (χ0n) is 34.2. The van der Waals surface area contributed by atoms with E-state index in [4.69, 9.17) is 15.5 Å². The van der Waals surface area contributed by atoms with E-state index in [0.29, 0.717) is 74.1 Å². The normalized spacial score (nSPS) is 21.7. The van der Waals surface area contributed by atoms with Crippen molar-refractivity contribution in [3.63, 3.8) is 0 Å². The number of aromatic hydroxyl groups is 1. The smallest absolute Gasteiger partial charge is 0.328 e. The van der Waals surface area contributed by atoms with Crippen molar-refractivity contribution in [3.05, 3.63) is 89.2 Å². The van der Waals surface area contributed by atoms with Gasteiger partial charge in [0, 0.05) is 87.5 Å². The molecule has 3 aliphatic heterocycles. The highest BCUT2D eigenvalue weighted by Gasteiger charge is 2.31. The molecule has 4 N–H and O–H groups in total. The number of anilines is 3. The fraction of sp³-hybridized carbons (Fsp3) is 0.422. The van der Waals surface area contributed by atoms with Crippen molar-refractivity contribution < 1.29 is 24.2 Å². The number of piperazine rings is 1. The number of urea groups is 1. The van der Waals surface area contributed by atoms with Gasteiger partial charge in [0.25, 0.3) is 5.91 Å². The van der Waals surface area contributed by atoms with Crippen LogP contribution in [0.3, 0.4) is 0 Å². The number of nitrogens with one attached hydrogen (secondary N) is 1. The number of hydrogen-bond donors (Lipinski definition) is 3. The third-order valence-corrected chi connectivity index (χ3v) is 12.8. The van der Waals surface area contributed by atoms with Crippen molar-refractivity contribution >= 4 is 46.1 Å². The van der Waals surface area contributed by atoms with Crippen LogP contribution < -0.4 is 20.9 Å². The quantitative estimate of drug-likeness (QED) is 0.178. The number of carbonyl (C=O) groups excluding carboxylic acids is 3. The number of nitrogen functional groups attached to an aromatic ring is 1. The first kappa shape index (κ1) is 39.4. The fourth-order valence-electron chi connectivity index (χ4n) is 9.46. The average molecular weight is 813 g/mol. The summed E-state index contributed by atoms with van der Waals surface area (Å²) >= 11 is 0. The number of imide groups is 1. The molecule has 1 saturated carbocycles. The zero-order valence-corrected chi connectivity index (χ0v) is 34.2.